The van der Waals surface area contributed by atoms with Gasteiger partial charge in [0.15, 0.2) is 0 Å². The summed E-state index contributed by atoms with van der Waals surface area (Å²) in [6.45, 7) is 6.86. The summed E-state index contributed by atoms with van der Waals surface area (Å²) >= 11 is 0. The first kappa shape index (κ1) is 15.3. The Morgan fingerprint density at radius 3 is 2.80 bits per heavy atom. The van der Waals surface area contributed by atoms with Crippen molar-refractivity contribution in [2.75, 3.05) is 32.2 Å². The number of nitrogens with one attached hydrogen (secondary N) is 1. The van der Waals surface area contributed by atoms with E-state index in [2.05, 4.69) is 36.2 Å². The molecule has 0 amide bonds. The van der Waals surface area contributed by atoms with Crippen LogP contribution >= 0.6 is 0 Å². The highest BCUT2D eigenvalue weighted by atomic mass is 16.5. The van der Waals surface area contributed by atoms with Crippen LogP contribution in [0.25, 0.3) is 0 Å². The maximum Gasteiger partial charge on any atom is 0.131 e. The zero-order chi connectivity index (χ0) is 14.7. The van der Waals surface area contributed by atoms with Crippen LogP contribution in [-0.2, 0) is 18.3 Å². The molecule has 1 fully saturated rings. The van der Waals surface area contributed by atoms with Gasteiger partial charge in [-0.3, -0.25) is 4.68 Å². The van der Waals surface area contributed by atoms with Crippen molar-refractivity contribution < 1.29 is 4.74 Å². The van der Waals surface area contributed by atoms with Gasteiger partial charge in [0.05, 0.1) is 12.3 Å². The molecule has 0 saturated heterocycles. The van der Waals surface area contributed by atoms with Crippen molar-refractivity contribution >= 4 is 5.82 Å². The predicted molar refractivity (Wildman–Crippen MR) is 82.1 cm³/mol. The molecule has 1 N–H and O–H groups in total. The fourth-order valence-corrected chi connectivity index (χ4v) is 2.81. The maximum absolute atomic E-state index is 5.08. The van der Waals surface area contributed by atoms with Gasteiger partial charge in [-0.2, -0.15) is 5.10 Å². The van der Waals surface area contributed by atoms with Crippen molar-refractivity contribution in [1.82, 2.24) is 15.1 Å². The molecule has 1 aromatic rings. The fraction of sp³-hybridized carbons (Fsp3) is 0.800. The van der Waals surface area contributed by atoms with Crippen LogP contribution in [0.1, 0.15) is 31.0 Å². The van der Waals surface area contributed by atoms with E-state index in [0.717, 1.165) is 31.3 Å². The molecule has 1 aromatic heterocycles. The van der Waals surface area contributed by atoms with Gasteiger partial charge in [0.1, 0.15) is 5.82 Å². The van der Waals surface area contributed by atoms with Gasteiger partial charge < -0.3 is 15.0 Å². The molecular formula is C15H28N4O. The normalized spacial score (nSPS) is 16.4. The minimum absolute atomic E-state index is 0.586. The number of hydrogen-bond donors (Lipinski definition) is 1. The van der Waals surface area contributed by atoms with Crippen molar-refractivity contribution in [3.8, 4) is 0 Å². The number of ether oxygens (including phenoxy) is 1. The Hall–Kier alpha value is -1.07. The van der Waals surface area contributed by atoms with Gasteiger partial charge in [0.25, 0.3) is 0 Å². The van der Waals surface area contributed by atoms with Crippen LogP contribution < -0.4 is 10.2 Å². The predicted octanol–water partition coefficient (Wildman–Crippen LogP) is 1.70. The van der Waals surface area contributed by atoms with Crippen LogP contribution in [0.2, 0.25) is 0 Å². The van der Waals surface area contributed by atoms with Gasteiger partial charge in [0, 0.05) is 45.9 Å². The number of aromatic nitrogens is 2. The number of nitrogens with zero attached hydrogens (tertiary/aromatic N) is 3. The van der Waals surface area contributed by atoms with Gasteiger partial charge in [-0.05, 0) is 32.6 Å². The zero-order valence-electron chi connectivity index (χ0n) is 13.4. The molecular weight excluding hydrogens is 252 g/mol. The maximum atomic E-state index is 5.08. The minimum atomic E-state index is 0.586. The molecule has 5 nitrogen and oxygen atoms in total. The fourth-order valence-electron chi connectivity index (χ4n) is 2.81. The second kappa shape index (κ2) is 6.59. The summed E-state index contributed by atoms with van der Waals surface area (Å²) in [7, 11) is 5.96. The third kappa shape index (κ3) is 3.33. The van der Waals surface area contributed by atoms with Gasteiger partial charge in [-0.1, -0.05) is 0 Å². The zero-order valence-corrected chi connectivity index (χ0v) is 13.4. The Bertz CT molecular complexity index is 439. The summed E-state index contributed by atoms with van der Waals surface area (Å²) in [5.74, 6) is 2.09. The molecule has 2 rings (SSSR count). The first-order valence-electron chi connectivity index (χ1n) is 7.51. The lowest BCUT2D eigenvalue weighted by molar-refractivity contribution is 0.199. The summed E-state index contributed by atoms with van der Waals surface area (Å²) in [5, 5.41) is 8.03. The average molecular weight is 280 g/mol. The summed E-state index contributed by atoms with van der Waals surface area (Å²) < 4.78 is 7.09. The molecule has 5 heteroatoms. The summed E-state index contributed by atoms with van der Waals surface area (Å²) in [6.07, 6.45) is 2.73. The van der Waals surface area contributed by atoms with Crippen LogP contribution in [0.3, 0.4) is 0 Å². The molecule has 1 unspecified atom stereocenters. The van der Waals surface area contributed by atoms with Crippen LogP contribution in [-0.4, -0.2) is 43.1 Å². The van der Waals surface area contributed by atoms with Gasteiger partial charge in [-0.15, -0.1) is 0 Å². The molecule has 0 bridgehead atoms. The van der Waals surface area contributed by atoms with Gasteiger partial charge in [0.2, 0.25) is 0 Å². The first-order chi connectivity index (χ1) is 9.56. The largest absolute Gasteiger partial charge is 0.383 e. The molecule has 20 heavy (non-hydrogen) atoms. The van der Waals surface area contributed by atoms with E-state index in [1.54, 1.807) is 7.11 Å². The van der Waals surface area contributed by atoms with E-state index < -0.39 is 0 Å². The Balaban J connectivity index is 2.09. The second-order valence-corrected chi connectivity index (χ2v) is 5.87. The van der Waals surface area contributed by atoms with E-state index in [4.69, 9.17) is 4.74 Å². The summed E-state index contributed by atoms with van der Waals surface area (Å²) in [5.41, 5.74) is 2.42. The standard InChI is InChI=1S/C15H28N4O/c1-11-14(10-16-8-9-20-5)15(19(4)17-11)18(3)12(2)13-6-7-13/h12-13,16H,6-10H2,1-5H3. The number of hydrogen-bond acceptors (Lipinski definition) is 4. The highest BCUT2D eigenvalue weighted by molar-refractivity contribution is 5.50. The Morgan fingerprint density at radius 2 is 2.20 bits per heavy atom. The molecule has 0 radical (unpaired) electrons. The molecule has 0 spiro atoms. The molecule has 114 valence electrons. The number of rotatable bonds is 8. The summed E-state index contributed by atoms with van der Waals surface area (Å²) in [4.78, 5) is 2.39. The highest BCUT2D eigenvalue weighted by Crippen LogP contribution is 2.37. The minimum Gasteiger partial charge on any atom is -0.383 e. The van der Waals surface area contributed by atoms with Crippen molar-refractivity contribution in [3.63, 3.8) is 0 Å². The molecule has 0 aliphatic heterocycles. The summed E-state index contributed by atoms with van der Waals surface area (Å²) in [6, 6.07) is 0.586. The van der Waals surface area contributed by atoms with Crippen molar-refractivity contribution in [2.45, 2.75) is 39.3 Å². The van der Waals surface area contributed by atoms with Crippen LogP contribution in [0, 0.1) is 12.8 Å². The molecule has 1 aliphatic rings. The highest BCUT2D eigenvalue weighted by Gasteiger charge is 2.32. The first-order valence-corrected chi connectivity index (χ1v) is 7.51. The Kier molecular flexibility index (Phi) is 5.05. The van der Waals surface area contributed by atoms with Crippen LogP contribution in [0.15, 0.2) is 0 Å². The molecule has 0 aromatic carbocycles. The average Bonchev–Trinajstić information content (AvgIpc) is 3.21. The Labute approximate surface area is 122 Å². The third-order valence-electron chi connectivity index (χ3n) is 4.35. The molecule has 1 heterocycles. The number of aryl methyl sites for hydroxylation is 2. The second-order valence-electron chi connectivity index (χ2n) is 5.87. The molecule has 1 atom stereocenters. The van der Waals surface area contributed by atoms with Crippen LogP contribution in [0.5, 0.6) is 0 Å². The number of methoxy groups -OCH3 is 1. The van der Waals surface area contributed by atoms with Crippen molar-refractivity contribution in [3.05, 3.63) is 11.3 Å². The Morgan fingerprint density at radius 1 is 1.50 bits per heavy atom. The quantitative estimate of drug-likeness (QED) is 0.736. The molecule has 1 aliphatic carbocycles. The van der Waals surface area contributed by atoms with E-state index >= 15 is 0 Å². The topological polar surface area (TPSA) is 42.3 Å². The van der Waals surface area contributed by atoms with Crippen molar-refractivity contribution in [1.29, 1.82) is 0 Å². The number of anilines is 1. The van der Waals surface area contributed by atoms with Gasteiger partial charge >= 0.3 is 0 Å². The monoisotopic (exact) mass is 280 g/mol. The van der Waals surface area contributed by atoms with E-state index in [-0.39, 0.29) is 0 Å². The SMILES string of the molecule is COCCNCc1c(C)nn(C)c1N(C)C(C)C1CC1. The van der Waals surface area contributed by atoms with E-state index in [1.165, 1.54) is 24.2 Å². The van der Waals surface area contributed by atoms with E-state index in [9.17, 15) is 0 Å². The third-order valence-corrected chi connectivity index (χ3v) is 4.35. The van der Waals surface area contributed by atoms with E-state index in [1.807, 2.05) is 11.7 Å². The van der Waals surface area contributed by atoms with E-state index in [0.29, 0.717) is 6.04 Å². The smallest absolute Gasteiger partial charge is 0.131 e. The van der Waals surface area contributed by atoms with Gasteiger partial charge in [-0.25, -0.2) is 0 Å². The van der Waals surface area contributed by atoms with Crippen molar-refractivity contribution in [2.24, 2.45) is 13.0 Å². The lowest BCUT2D eigenvalue weighted by atomic mass is 10.1. The lowest BCUT2D eigenvalue weighted by Gasteiger charge is -2.28. The molecule has 1 saturated carbocycles. The van der Waals surface area contributed by atoms with Crippen LogP contribution in [0.4, 0.5) is 5.82 Å². The lowest BCUT2D eigenvalue weighted by Crippen LogP contribution is -2.33.